The van der Waals surface area contributed by atoms with Gasteiger partial charge in [-0.05, 0) is 24.8 Å². The van der Waals surface area contributed by atoms with Crippen molar-refractivity contribution in [2.45, 2.75) is 38.2 Å². The third-order valence-corrected chi connectivity index (χ3v) is 2.84. The molecule has 0 atom stereocenters. The summed E-state index contributed by atoms with van der Waals surface area (Å²) in [7, 11) is 0. The third kappa shape index (κ3) is 2.30. The molecule has 2 rings (SSSR count). The average Bonchev–Trinajstić information content (AvgIpc) is 2.61. The van der Waals surface area contributed by atoms with Crippen molar-refractivity contribution in [3.8, 4) is 0 Å². The maximum absolute atomic E-state index is 12.8. The molecule has 0 aliphatic heterocycles. The number of aromatic nitrogens is 2. The predicted molar refractivity (Wildman–Crippen MR) is 49.1 cm³/mol. The van der Waals surface area contributed by atoms with Gasteiger partial charge in [-0.15, -0.1) is 0 Å². The van der Waals surface area contributed by atoms with Gasteiger partial charge in [0.25, 0.3) is 0 Å². The maximum atomic E-state index is 12.8. The number of alkyl halides is 2. The minimum atomic E-state index is -2.42. The van der Waals surface area contributed by atoms with Gasteiger partial charge in [0.1, 0.15) is 0 Å². The Labute approximate surface area is 81.9 Å². The van der Waals surface area contributed by atoms with Crippen LogP contribution in [-0.2, 0) is 6.54 Å². The molecule has 0 N–H and O–H groups in total. The zero-order valence-electron chi connectivity index (χ0n) is 8.00. The van der Waals surface area contributed by atoms with Crippen LogP contribution in [0, 0.1) is 5.92 Å². The molecule has 0 bridgehead atoms. The lowest BCUT2D eigenvalue weighted by Crippen LogP contribution is -2.26. The van der Waals surface area contributed by atoms with E-state index in [-0.39, 0.29) is 12.8 Å². The van der Waals surface area contributed by atoms with Crippen molar-refractivity contribution in [3.63, 3.8) is 0 Å². The number of nitrogens with zero attached hydrogens (tertiary/aromatic N) is 2. The lowest BCUT2D eigenvalue weighted by Gasteiger charge is -2.27. The topological polar surface area (TPSA) is 17.8 Å². The summed E-state index contributed by atoms with van der Waals surface area (Å²) in [5.74, 6) is -2.05. The molecule has 1 aromatic heterocycles. The van der Waals surface area contributed by atoms with Crippen LogP contribution in [0.4, 0.5) is 8.78 Å². The first-order valence-electron chi connectivity index (χ1n) is 5.01. The molecule has 1 heterocycles. The van der Waals surface area contributed by atoms with Crippen molar-refractivity contribution in [1.82, 2.24) is 9.78 Å². The maximum Gasteiger partial charge on any atom is 0.248 e. The molecule has 1 saturated carbocycles. The summed E-state index contributed by atoms with van der Waals surface area (Å²) >= 11 is 0. The number of rotatable bonds is 2. The first-order chi connectivity index (χ1) is 6.66. The number of hydrogen-bond donors (Lipinski definition) is 0. The Morgan fingerprint density at radius 2 is 2.07 bits per heavy atom. The first kappa shape index (κ1) is 9.62. The van der Waals surface area contributed by atoms with Crippen LogP contribution in [0.25, 0.3) is 0 Å². The minimum absolute atomic E-state index is 0.0406. The van der Waals surface area contributed by atoms with Gasteiger partial charge in [-0.2, -0.15) is 5.10 Å². The highest BCUT2D eigenvalue weighted by molar-refractivity contribution is 4.81. The smallest absolute Gasteiger partial charge is 0.248 e. The second-order valence-corrected chi connectivity index (χ2v) is 4.03. The standard InChI is InChI=1S/C10H14F2N2/c11-10(12)4-2-9(3-5-10)8-14-7-1-6-13-14/h1,6-7,9H,2-5,8H2. The summed E-state index contributed by atoms with van der Waals surface area (Å²) in [6.07, 6.45) is 4.92. The second kappa shape index (κ2) is 3.67. The van der Waals surface area contributed by atoms with Crippen molar-refractivity contribution in [2.24, 2.45) is 5.92 Å². The molecule has 4 heteroatoms. The molecule has 1 fully saturated rings. The SMILES string of the molecule is FC1(F)CCC(Cn2cccn2)CC1. The lowest BCUT2D eigenvalue weighted by atomic mass is 9.87. The molecular formula is C10H14F2N2. The van der Waals surface area contributed by atoms with Crippen molar-refractivity contribution in [2.75, 3.05) is 0 Å². The van der Waals surface area contributed by atoms with E-state index in [1.54, 1.807) is 6.20 Å². The van der Waals surface area contributed by atoms with Crippen LogP contribution in [0.5, 0.6) is 0 Å². The van der Waals surface area contributed by atoms with Gasteiger partial charge >= 0.3 is 0 Å². The molecule has 0 saturated heterocycles. The molecule has 78 valence electrons. The van der Waals surface area contributed by atoms with Crippen molar-refractivity contribution in [3.05, 3.63) is 18.5 Å². The van der Waals surface area contributed by atoms with Crippen LogP contribution < -0.4 is 0 Å². The Kier molecular flexibility index (Phi) is 2.52. The van der Waals surface area contributed by atoms with Crippen LogP contribution >= 0.6 is 0 Å². The quantitative estimate of drug-likeness (QED) is 0.717. The van der Waals surface area contributed by atoms with Gasteiger partial charge in [0.2, 0.25) is 5.92 Å². The molecule has 0 unspecified atom stereocenters. The minimum Gasteiger partial charge on any atom is -0.272 e. The van der Waals surface area contributed by atoms with E-state index in [0.29, 0.717) is 18.8 Å². The number of hydrogen-bond acceptors (Lipinski definition) is 1. The largest absolute Gasteiger partial charge is 0.272 e. The van der Waals surface area contributed by atoms with Gasteiger partial charge in [-0.3, -0.25) is 4.68 Å². The van der Waals surface area contributed by atoms with Gasteiger partial charge in [0, 0.05) is 31.8 Å². The average molecular weight is 200 g/mol. The van der Waals surface area contributed by atoms with E-state index in [9.17, 15) is 8.78 Å². The van der Waals surface area contributed by atoms with Crippen LogP contribution in [0.15, 0.2) is 18.5 Å². The zero-order valence-corrected chi connectivity index (χ0v) is 8.00. The second-order valence-electron chi connectivity index (χ2n) is 4.03. The number of halogens is 2. The lowest BCUT2D eigenvalue weighted by molar-refractivity contribution is -0.0476. The summed E-state index contributed by atoms with van der Waals surface area (Å²) in [5, 5.41) is 4.08. The predicted octanol–water partition coefficient (Wildman–Crippen LogP) is 2.71. The summed E-state index contributed by atoms with van der Waals surface area (Å²) in [5.41, 5.74) is 0. The van der Waals surface area contributed by atoms with Crippen LogP contribution in [0.3, 0.4) is 0 Å². The highest BCUT2D eigenvalue weighted by Gasteiger charge is 2.34. The molecule has 1 aliphatic rings. The fourth-order valence-corrected chi connectivity index (χ4v) is 1.96. The van der Waals surface area contributed by atoms with Gasteiger partial charge in [0.15, 0.2) is 0 Å². The van der Waals surface area contributed by atoms with E-state index < -0.39 is 5.92 Å². The van der Waals surface area contributed by atoms with E-state index in [2.05, 4.69) is 5.10 Å². The van der Waals surface area contributed by atoms with Crippen LogP contribution in [-0.4, -0.2) is 15.7 Å². The van der Waals surface area contributed by atoms with E-state index in [1.165, 1.54) is 0 Å². The van der Waals surface area contributed by atoms with E-state index in [4.69, 9.17) is 0 Å². The molecule has 0 spiro atoms. The summed E-state index contributed by atoms with van der Waals surface area (Å²) < 4.78 is 27.5. The fourth-order valence-electron chi connectivity index (χ4n) is 1.96. The van der Waals surface area contributed by atoms with Gasteiger partial charge in [0.05, 0.1) is 0 Å². The van der Waals surface area contributed by atoms with Gasteiger partial charge < -0.3 is 0 Å². The first-order valence-corrected chi connectivity index (χ1v) is 5.01. The Morgan fingerprint density at radius 1 is 1.36 bits per heavy atom. The van der Waals surface area contributed by atoms with E-state index >= 15 is 0 Å². The normalized spacial score (nSPS) is 22.4. The van der Waals surface area contributed by atoms with Crippen molar-refractivity contribution < 1.29 is 8.78 Å². The Balaban J connectivity index is 1.85. The third-order valence-electron chi connectivity index (χ3n) is 2.84. The molecule has 0 radical (unpaired) electrons. The highest BCUT2D eigenvalue weighted by atomic mass is 19.3. The molecule has 2 nitrogen and oxygen atoms in total. The van der Waals surface area contributed by atoms with Gasteiger partial charge in [-0.1, -0.05) is 0 Å². The Bertz CT molecular complexity index is 272. The van der Waals surface area contributed by atoms with E-state index in [1.807, 2.05) is 16.9 Å². The molecule has 0 aromatic carbocycles. The van der Waals surface area contributed by atoms with Crippen molar-refractivity contribution >= 4 is 0 Å². The fraction of sp³-hybridized carbons (Fsp3) is 0.700. The zero-order chi connectivity index (χ0) is 10.0. The molecule has 1 aromatic rings. The molecule has 0 amide bonds. The highest BCUT2D eigenvalue weighted by Crippen LogP contribution is 2.36. The molecule has 1 aliphatic carbocycles. The summed E-state index contributed by atoms with van der Waals surface area (Å²) in [6, 6.07) is 1.86. The van der Waals surface area contributed by atoms with Crippen molar-refractivity contribution in [1.29, 1.82) is 0 Å². The Hall–Kier alpha value is -0.930. The van der Waals surface area contributed by atoms with Crippen LogP contribution in [0.1, 0.15) is 25.7 Å². The van der Waals surface area contributed by atoms with Crippen LogP contribution in [0.2, 0.25) is 0 Å². The molecular weight excluding hydrogens is 186 g/mol. The monoisotopic (exact) mass is 200 g/mol. The van der Waals surface area contributed by atoms with Gasteiger partial charge in [-0.25, -0.2) is 8.78 Å². The van der Waals surface area contributed by atoms with E-state index in [0.717, 1.165) is 6.54 Å². The summed E-state index contributed by atoms with van der Waals surface area (Å²) in [6.45, 7) is 0.781. The molecule has 14 heavy (non-hydrogen) atoms. The Morgan fingerprint density at radius 3 is 2.64 bits per heavy atom. The summed E-state index contributed by atoms with van der Waals surface area (Å²) in [4.78, 5) is 0.